The van der Waals surface area contributed by atoms with Crippen molar-refractivity contribution in [1.82, 2.24) is 9.55 Å². The Bertz CT molecular complexity index is 909. The number of ether oxygens (including phenoxy) is 1. The van der Waals surface area contributed by atoms with E-state index in [4.69, 9.17) is 0 Å². The number of aryl methyl sites for hydroxylation is 1. The molecular weight excluding hydrogens is 329 g/mol. The normalized spacial score (nSPS) is 15.4. The van der Waals surface area contributed by atoms with Crippen molar-refractivity contribution in [3.05, 3.63) is 48.3 Å². The van der Waals surface area contributed by atoms with Gasteiger partial charge in [0.1, 0.15) is 5.75 Å². The van der Waals surface area contributed by atoms with Gasteiger partial charge < -0.3 is 9.30 Å². The predicted molar refractivity (Wildman–Crippen MR) is 89.4 cm³/mol. The van der Waals surface area contributed by atoms with Gasteiger partial charge in [-0.05, 0) is 54.2 Å². The fourth-order valence-electron chi connectivity index (χ4n) is 3.29. The molecule has 130 valence electrons. The largest absolute Gasteiger partial charge is 0.573 e. The molecule has 0 N–H and O–H groups in total. The summed E-state index contributed by atoms with van der Waals surface area (Å²) in [5.41, 5.74) is 4.94. The van der Waals surface area contributed by atoms with E-state index in [1.54, 1.807) is 18.5 Å². The topological polar surface area (TPSA) is 27.1 Å². The van der Waals surface area contributed by atoms with E-state index in [1.165, 1.54) is 37.0 Å². The maximum Gasteiger partial charge on any atom is 0.573 e. The molecule has 0 atom stereocenters. The molecule has 6 heteroatoms. The molecule has 2 aromatic carbocycles. The van der Waals surface area contributed by atoms with Gasteiger partial charge in [-0.25, -0.2) is 4.98 Å². The summed E-state index contributed by atoms with van der Waals surface area (Å²) in [5, 5.41) is 0. The molecule has 0 spiro atoms. The number of fused-ring (bicyclic) bond motifs is 1. The van der Waals surface area contributed by atoms with E-state index in [-0.39, 0.29) is 5.75 Å². The molecule has 1 heterocycles. The van der Waals surface area contributed by atoms with Gasteiger partial charge in [-0.15, -0.1) is 13.2 Å². The molecule has 1 aromatic heterocycles. The van der Waals surface area contributed by atoms with E-state index in [0.29, 0.717) is 5.92 Å². The van der Waals surface area contributed by atoms with Crippen molar-refractivity contribution in [3.8, 4) is 16.9 Å². The van der Waals surface area contributed by atoms with Gasteiger partial charge in [0.05, 0.1) is 17.4 Å². The van der Waals surface area contributed by atoms with Crippen LogP contribution in [0.15, 0.2) is 42.7 Å². The molecular formula is C19H17F3N2O. The molecule has 0 unspecified atom stereocenters. The number of halogens is 3. The van der Waals surface area contributed by atoms with Crippen molar-refractivity contribution in [1.29, 1.82) is 0 Å². The number of hydrogen-bond donors (Lipinski definition) is 0. The molecule has 3 nitrogen and oxygen atoms in total. The van der Waals surface area contributed by atoms with Crippen LogP contribution in [0.3, 0.4) is 0 Å². The van der Waals surface area contributed by atoms with E-state index in [9.17, 15) is 13.2 Å². The molecule has 1 aliphatic carbocycles. The standard InChI is InChI=1S/C19H17F3N2O/c1-24-11-23-18-16(9-14(10-17(18)24)12-3-2-4-12)13-5-7-15(8-6-13)25-19(20,21)22/h5-12H,2-4H2,1H3. The zero-order valence-corrected chi connectivity index (χ0v) is 13.7. The number of imidazole rings is 1. The summed E-state index contributed by atoms with van der Waals surface area (Å²) in [7, 11) is 1.95. The Balaban J connectivity index is 1.77. The Morgan fingerprint density at radius 1 is 1.12 bits per heavy atom. The van der Waals surface area contributed by atoms with Crippen LogP contribution in [0.25, 0.3) is 22.2 Å². The molecule has 25 heavy (non-hydrogen) atoms. The van der Waals surface area contributed by atoms with Crippen molar-refractivity contribution in [2.45, 2.75) is 31.5 Å². The highest BCUT2D eigenvalue weighted by Gasteiger charge is 2.31. The van der Waals surface area contributed by atoms with Crippen LogP contribution in [0, 0.1) is 0 Å². The van der Waals surface area contributed by atoms with Crippen LogP contribution in [0.1, 0.15) is 30.7 Å². The summed E-state index contributed by atoms with van der Waals surface area (Å²) < 4.78 is 42.9. The van der Waals surface area contributed by atoms with Gasteiger partial charge in [0, 0.05) is 12.6 Å². The number of alkyl halides is 3. The zero-order valence-electron chi connectivity index (χ0n) is 13.7. The lowest BCUT2D eigenvalue weighted by molar-refractivity contribution is -0.274. The minimum Gasteiger partial charge on any atom is -0.406 e. The maximum atomic E-state index is 12.3. The number of hydrogen-bond acceptors (Lipinski definition) is 2. The van der Waals surface area contributed by atoms with E-state index < -0.39 is 6.36 Å². The summed E-state index contributed by atoms with van der Waals surface area (Å²) in [5.74, 6) is 0.342. The van der Waals surface area contributed by atoms with Crippen LogP contribution >= 0.6 is 0 Å². The lowest BCUT2D eigenvalue weighted by Crippen LogP contribution is -2.16. The first-order valence-electron chi connectivity index (χ1n) is 8.22. The fourth-order valence-corrected chi connectivity index (χ4v) is 3.29. The second kappa shape index (κ2) is 5.79. The third-order valence-corrected chi connectivity index (χ3v) is 4.83. The molecule has 0 saturated heterocycles. The molecule has 1 fully saturated rings. The minimum absolute atomic E-state index is 0.219. The van der Waals surface area contributed by atoms with Crippen molar-refractivity contribution in [2.24, 2.45) is 7.05 Å². The van der Waals surface area contributed by atoms with Crippen LogP contribution in [0.4, 0.5) is 13.2 Å². The van der Waals surface area contributed by atoms with E-state index in [1.807, 2.05) is 11.6 Å². The SMILES string of the molecule is Cn1cnc2c(-c3ccc(OC(F)(F)F)cc3)cc(C3CCC3)cc21. The van der Waals surface area contributed by atoms with Crippen molar-refractivity contribution in [2.75, 3.05) is 0 Å². The lowest BCUT2D eigenvalue weighted by atomic mass is 9.79. The van der Waals surface area contributed by atoms with Gasteiger partial charge in [0.2, 0.25) is 0 Å². The van der Waals surface area contributed by atoms with Gasteiger partial charge in [0.15, 0.2) is 0 Å². The molecule has 0 bridgehead atoms. The Morgan fingerprint density at radius 3 is 2.44 bits per heavy atom. The molecule has 3 aromatic rings. The van der Waals surface area contributed by atoms with Gasteiger partial charge in [-0.2, -0.15) is 0 Å². The maximum absolute atomic E-state index is 12.3. The minimum atomic E-state index is -4.68. The number of benzene rings is 2. The van der Waals surface area contributed by atoms with Crippen LogP contribution < -0.4 is 4.74 Å². The predicted octanol–water partition coefficient (Wildman–Crippen LogP) is 5.41. The quantitative estimate of drug-likeness (QED) is 0.634. The summed E-state index contributed by atoms with van der Waals surface area (Å²) in [6.07, 6.45) is 0.689. The van der Waals surface area contributed by atoms with Crippen LogP contribution in [-0.4, -0.2) is 15.9 Å². The highest BCUT2D eigenvalue weighted by atomic mass is 19.4. The van der Waals surface area contributed by atoms with E-state index in [2.05, 4.69) is 21.9 Å². The Morgan fingerprint density at radius 2 is 1.84 bits per heavy atom. The molecule has 1 aliphatic rings. The summed E-state index contributed by atoms with van der Waals surface area (Å²) in [4.78, 5) is 4.47. The van der Waals surface area contributed by atoms with Crippen LogP contribution in [-0.2, 0) is 7.05 Å². The first-order chi connectivity index (χ1) is 11.9. The Hall–Kier alpha value is -2.50. The first-order valence-corrected chi connectivity index (χ1v) is 8.22. The molecule has 0 aliphatic heterocycles. The van der Waals surface area contributed by atoms with Crippen molar-refractivity contribution in [3.63, 3.8) is 0 Å². The summed E-state index contributed by atoms with van der Waals surface area (Å²) >= 11 is 0. The fraction of sp³-hybridized carbons (Fsp3) is 0.316. The van der Waals surface area contributed by atoms with Crippen LogP contribution in [0.2, 0.25) is 0 Å². The van der Waals surface area contributed by atoms with Gasteiger partial charge in [-0.3, -0.25) is 0 Å². The average Bonchev–Trinajstić information content (AvgIpc) is 2.86. The smallest absolute Gasteiger partial charge is 0.406 e. The van der Waals surface area contributed by atoms with Crippen LogP contribution in [0.5, 0.6) is 5.75 Å². The second-order valence-corrected chi connectivity index (χ2v) is 6.49. The number of aromatic nitrogens is 2. The Labute approximate surface area is 143 Å². The molecule has 0 amide bonds. The highest BCUT2D eigenvalue weighted by molar-refractivity contribution is 5.93. The van der Waals surface area contributed by atoms with Gasteiger partial charge in [-0.1, -0.05) is 18.6 Å². The number of rotatable bonds is 3. The highest BCUT2D eigenvalue weighted by Crippen LogP contribution is 2.40. The zero-order chi connectivity index (χ0) is 17.6. The first kappa shape index (κ1) is 16.0. The van der Waals surface area contributed by atoms with Crippen molar-refractivity contribution >= 4 is 11.0 Å². The monoisotopic (exact) mass is 346 g/mol. The lowest BCUT2D eigenvalue weighted by Gasteiger charge is -2.26. The summed E-state index contributed by atoms with van der Waals surface area (Å²) in [6, 6.07) is 10.3. The summed E-state index contributed by atoms with van der Waals surface area (Å²) in [6.45, 7) is 0. The van der Waals surface area contributed by atoms with Crippen molar-refractivity contribution < 1.29 is 17.9 Å². The molecule has 4 rings (SSSR count). The third-order valence-electron chi connectivity index (χ3n) is 4.83. The van der Waals surface area contributed by atoms with E-state index >= 15 is 0 Å². The van der Waals surface area contributed by atoms with Gasteiger partial charge in [0.25, 0.3) is 0 Å². The molecule has 1 saturated carbocycles. The molecule has 0 radical (unpaired) electrons. The Kier molecular flexibility index (Phi) is 3.71. The third kappa shape index (κ3) is 3.08. The van der Waals surface area contributed by atoms with Gasteiger partial charge >= 0.3 is 6.36 Å². The number of nitrogens with zero attached hydrogens (tertiary/aromatic N) is 2. The average molecular weight is 346 g/mol. The van der Waals surface area contributed by atoms with E-state index in [0.717, 1.165) is 22.2 Å². The second-order valence-electron chi connectivity index (χ2n) is 6.49.